The van der Waals surface area contributed by atoms with Crippen LogP contribution in [0.1, 0.15) is 35.7 Å². The third kappa shape index (κ3) is 3.99. The van der Waals surface area contributed by atoms with E-state index in [1.165, 1.54) is 5.56 Å². The van der Waals surface area contributed by atoms with Gasteiger partial charge in [0.15, 0.2) is 0 Å². The molecule has 29 heavy (non-hydrogen) atoms. The van der Waals surface area contributed by atoms with Crippen LogP contribution in [0.5, 0.6) is 5.75 Å². The van der Waals surface area contributed by atoms with Gasteiger partial charge in [0.05, 0.1) is 12.2 Å². The van der Waals surface area contributed by atoms with Crippen LogP contribution in [-0.4, -0.2) is 32.3 Å². The largest absolute Gasteiger partial charge is 0.493 e. The number of fused-ring (bicyclic) bond motifs is 1. The molecule has 4 rings (SSSR count). The number of carbonyl (C=O) groups excluding carboxylic acids is 1. The molecule has 1 N–H and O–H groups in total. The lowest BCUT2D eigenvalue weighted by atomic mass is 9.74. The summed E-state index contributed by atoms with van der Waals surface area (Å²) in [6.07, 6.45) is 1.79. The van der Waals surface area contributed by atoms with Crippen LogP contribution in [0.15, 0.2) is 66.7 Å². The van der Waals surface area contributed by atoms with Crippen molar-refractivity contribution in [2.45, 2.75) is 25.2 Å². The Morgan fingerprint density at radius 1 is 1.00 bits per heavy atom. The predicted octanol–water partition coefficient (Wildman–Crippen LogP) is 4.72. The van der Waals surface area contributed by atoms with Crippen molar-refractivity contribution in [1.82, 2.24) is 5.32 Å². The van der Waals surface area contributed by atoms with Gasteiger partial charge in [-0.15, -0.1) is 0 Å². The van der Waals surface area contributed by atoms with Crippen molar-refractivity contribution in [1.29, 1.82) is 0 Å². The summed E-state index contributed by atoms with van der Waals surface area (Å²) in [5.41, 5.74) is 1.76. The molecule has 0 spiro atoms. The smallest absolute Gasteiger partial charge is 0.255 e. The van der Waals surface area contributed by atoms with Gasteiger partial charge in [-0.2, -0.15) is 0 Å². The predicted molar refractivity (Wildman–Crippen MR) is 116 cm³/mol. The summed E-state index contributed by atoms with van der Waals surface area (Å²) in [6.45, 7) is 4.45. The molecule has 1 aliphatic heterocycles. The van der Waals surface area contributed by atoms with E-state index in [1.54, 1.807) is 0 Å². The van der Waals surface area contributed by atoms with Gasteiger partial charge in [-0.3, -0.25) is 4.79 Å². The number of hydrogen-bond acceptors (Lipinski definition) is 3. The fourth-order valence-corrected chi connectivity index (χ4v) is 4.22. The average Bonchev–Trinajstić information content (AvgIpc) is 2.79. The van der Waals surface area contributed by atoms with E-state index in [1.807, 2.05) is 49.4 Å². The van der Waals surface area contributed by atoms with Gasteiger partial charge in [-0.05, 0) is 42.2 Å². The number of benzene rings is 3. The molecule has 1 fully saturated rings. The van der Waals surface area contributed by atoms with Crippen LogP contribution in [0.3, 0.4) is 0 Å². The molecule has 0 bridgehead atoms. The maximum atomic E-state index is 13.3. The van der Waals surface area contributed by atoms with Crippen LogP contribution in [0.4, 0.5) is 0 Å². The molecule has 1 saturated heterocycles. The second-order valence-corrected chi connectivity index (χ2v) is 7.53. The van der Waals surface area contributed by atoms with Gasteiger partial charge in [0.1, 0.15) is 5.75 Å². The zero-order valence-corrected chi connectivity index (χ0v) is 16.8. The number of nitrogens with one attached hydrogen (secondary N) is 1. The average molecular weight is 389 g/mol. The van der Waals surface area contributed by atoms with Crippen molar-refractivity contribution in [3.8, 4) is 5.75 Å². The Hall–Kier alpha value is -2.85. The maximum absolute atomic E-state index is 13.3. The van der Waals surface area contributed by atoms with Crippen LogP contribution >= 0.6 is 0 Å². The first-order valence-electron chi connectivity index (χ1n) is 10.3. The Bertz CT molecular complexity index is 978. The number of ether oxygens (including phenoxy) is 2. The SMILES string of the molecule is CCOc1ccc2ccccc2c1C(=O)NCC1(c2ccccc2)CCOCC1. The van der Waals surface area contributed by atoms with Gasteiger partial charge >= 0.3 is 0 Å². The summed E-state index contributed by atoms with van der Waals surface area (Å²) in [4.78, 5) is 13.3. The summed E-state index contributed by atoms with van der Waals surface area (Å²) in [5.74, 6) is 0.538. The van der Waals surface area contributed by atoms with E-state index in [9.17, 15) is 4.79 Å². The fraction of sp³-hybridized carbons (Fsp3) is 0.320. The van der Waals surface area contributed by atoms with E-state index in [-0.39, 0.29) is 11.3 Å². The van der Waals surface area contributed by atoms with Crippen molar-refractivity contribution in [3.05, 3.63) is 77.9 Å². The molecule has 3 aromatic carbocycles. The van der Waals surface area contributed by atoms with Gasteiger partial charge in [-0.1, -0.05) is 60.7 Å². The van der Waals surface area contributed by atoms with Gasteiger partial charge in [0.25, 0.3) is 5.91 Å². The van der Waals surface area contributed by atoms with Crippen molar-refractivity contribution in [2.24, 2.45) is 0 Å². The van der Waals surface area contributed by atoms with Crippen molar-refractivity contribution < 1.29 is 14.3 Å². The number of carbonyl (C=O) groups is 1. The van der Waals surface area contributed by atoms with E-state index < -0.39 is 0 Å². The molecule has 150 valence electrons. The minimum atomic E-state index is -0.106. The lowest BCUT2D eigenvalue weighted by Crippen LogP contribution is -2.44. The van der Waals surface area contributed by atoms with Gasteiger partial charge in [0, 0.05) is 25.2 Å². The fourth-order valence-electron chi connectivity index (χ4n) is 4.22. The molecule has 0 aliphatic carbocycles. The molecule has 0 radical (unpaired) electrons. The molecular formula is C25H27NO3. The van der Waals surface area contributed by atoms with Crippen LogP contribution in [-0.2, 0) is 10.2 Å². The number of hydrogen-bond donors (Lipinski definition) is 1. The van der Waals surface area contributed by atoms with Gasteiger partial charge in [0.2, 0.25) is 0 Å². The highest BCUT2D eigenvalue weighted by atomic mass is 16.5. The van der Waals surface area contributed by atoms with Crippen molar-refractivity contribution >= 4 is 16.7 Å². The van der Waals surface area contributed by atoms with Crippen LogP contribution in [0.25, 0.3) is 10.8 Å². The van der Waals surface area contributed by atoms with Crippen LogP contribution in [0.2, 0.25) is 0 Å². The minimum absolute atomic E-state index is 0.0907. The quantitative estimate of drug-likeness (QED) is 0.664. The van der Waals surface area contributed by atoms with Crippen LogP contribution < -0.4 is 10.1 Å². The maximum Gasteiger partial charge on any atom is 0.255 e. The highest BCUT2D eigenvalue weighted by Gasteiger charge is 2.35. The van der Waals surface area contributed by atoms with Crippen molar-refractivity contribution in [2.75, 3.05) is 26.4 Å². The standard InChI is InChI=1S/C25H27NO3/c1-2-29-22-13-12-19-8-6-7-11-21(19)23(22)24(27)26-18-25(14-16-28-17-15-25)20-9-4-3-5-10-20/h3-13H,2,14-18H2,1H3,(H,26,27). The molecular weight excluding hydrogens is 362 g/mol. The first kappa shape index (κ1) is 19.5. The molecule has 4 nitrogen and oxygen atoms in total. The van der Waals surface area contributed by atoms with E-state index in [2.05, 4.69) is 29.6 Å². The van der Waals surface area contributed by atoms with E-state index in [4.69, 9.17) is 9.47 Å². The Morgan fingerprint density at radius 2 is 1.72 bits per heavy atom. The first-order valence-corrected chi connectivity index (χ1v) is 10.3. The summed E-state index contributed by atoms with van der Waals surface area (Å²) in [6, 6.07) is 22.3. The molecule has 1 aliphatic rings. The lowest BCUT2D eigenvalue weighted by Gasteiger charge is -2.38. The molecule has 3 aromatic rings. The Morgan fingerprint density at radius 3 is 2.48 bits per heavy atom. The molecule has 0 atom stereocenters. The zero-order valence-electron chi connectivity index (χ0n) is 16.8. The van der Waals surface area contributed by atoms with Crippen molar-refractivity contribution in [3.63, 3.8) is 0 Å². The Kier molecular flexibility index (Phi) is 5.81. The third-order valence-corrected chi connectivity index (χ3v) is 5.84. The highest BCUT2D eigenvalue weighted by Crippen LogP contribution is 2.35. The minimum Gasteiger partial charge on any atom is -0.493 e. The van der Waals surface area contributed by atoms with E-state index >= 15 is 0 Å². The molecule has 0 saturated carbocycles. The summed E-state index contributed by atoms with van der Waals surface area (Å²) in [5, 5.41) is 5.17. The summed E-state index contributed by atoms with van der Waals surface area (Å²) >= 11 is 0. The third-order valence-electron chi connectivity index (χ3n) is 5.84. The topological polar surface area (TPSA) is 47.6 Å². The summed E-state index contributed by atoms with van der Waals surface area (Å²) < 4.78 is 11.4. The Balaban J connectivity index is 1.64. The summed E-state index contributed by atoms with van der Waals surface area (Å²) in [7, 11) is 0. The lowest BCUT2D eigenvalue weighted by molar-refractivity contribution is 0.0487. The zero-order chi connectivity index (χ0) is 20.1. The highest BCUT2D eigenvalue weighted by molar-refractivity contribution is 6.09. The second-order valence-electron chi connectivity index (χ2n) is 7.53. The molecule has 1 heterocycles. The van der Waals surface area contributed by atoms with Crippen LogP contribution in [0, 0.1) is 0 Å². The normalized spacial score (nSPS) is 15.8. The second kappa shape index (κ2) is 8.66. The van der Waals surface area contributed by atoms with Gasteiger partial charge in [-0.25, -0.2) is 0 Å². The molecule has 0 unspecified atom stereocenters. The number of amides is 1. The first-order chi connectivity index (χ1) is 14.2. The van der Waals surface area contributed by atoms with E-state index in [0.29, 0.717) is 37.7 Å². The molecule has 1 amide bonds. The molecule has 0 aromatic heterocycles. The number of rotatable bonds is 6. The Labute approximate surface area is 171 Å². The molecule has 4 heteroatoms. The van der Waals surface area contributed by atoms with Gasteiger partial charge < -0.3 is 14.8 Å². The van der Waals surface area contributed by atoms with E-state index in [0.717, 1.165) is 23.6 Å². The monoisotopic (exact) mass is 389 g/mol.